The van der Waals surface area contributed by atoms with Crippen molar-refractivity contribution in [1.29, 1.82) is 0 Å². The van der Waals surface area contributed by atoms with Crippen LogP contribution in [0.5, 0.6) is 0 Å². The maximum atomic E-state index is 11.9. The third-order valence-electron chi connectivity index (χ3n) is 4.73. The van der Waals surface area contributed by atoms with Crippen molar-refractivity contribution >= 4 is 17.6 Å². The van der Waals surface area contributed by atoms with E-state index in [4.69, 9.17) is 9.73 Å². The first-order valence-corrected chi connectivity index (χ1v) is 9.03. The van der Waals surface area contributed by atoms with Gasteiger partial charge in [0, 0.05) is 38.8 Å². The number of ether oxygens (including phenoxy) is 1. The SMILES string of the molecule is CCNC(=NCCc1nnc2ccccn12)N1CC(C)C(C(=O)OC)C1. The average Bonchev–Trinajstić information content (AvgIpc) is 3.24. The third kappa shape index (κ3) is 3.79. The first kappa shape index (κ1) is 18.2. The van der Waals surface area contributed by atoms with Crippen LogP contribution in [-0.2, 0) is 16.0 Å². The van der Waals surface area contributed by atoms with Crippen LogP contribution >= 0.6 is 0 Å². The summed E-state index contributed by atoms with van der Waals surface area (Å²) in [5.74, 6) is 1.71. The highest BCUT2D eigenvalue weighted by Gasteiger charge is 2.36. The predicted molar refractivity (Wildman–Crippen MR) is 98.9 cm³/mol. The standard InChI is InChI=1S/C18H26N6O2/c1-4-19-18(23-11-13(2)14(12-23)17(25)26-3)20-9-8-16-22-21-15-7-5-6-10-24(15)16/h5-7,10,13-14H,4,8-9,11-12H2,1-3H3,(H,19,20). The lowest BCUT2D eigenvalue weighted by Gasteiger charge is -2.21. The van der Waals surface area contributed by atoms with Crippen LogP contribution in [0.25, 0.3) is 5.65 Å². The number of carbonyl (C=O) groups excluding carboxylic acids is 1. The molecule has 1 aliphatic rings. The van der Waals surface area contributed by atoms with E-state index in [1.54, 1.807) is 0 Å². The van der Waals surface area contributed by atoms with Crippen molar-refractivity contribution in [3.05, 3.63) is 30.2 Å². The van der Waals surface area contributed by atoms with Crippen LogP contribution in [0.2, 0.25) is 0 Å². The number of aromatic nitrogens is 3. The highest BCUT2D eigenvalue weighted by molar-refractivity contribution is 5.82. The molecule has 0 aliphatic carbocycles. The second-order valence-electron chi connectivity index (χ2n) is 6.54. The van der Waals surface area contributed by atoms with Gasteiger partial charge < -0.3 is 15.0 Å². The van der Waals surface area contributed by atoms with E-state index in [1.807, 2.05) is 35.7 Å². The predicted octanol–water partition coefficient (Wildman–Crippen LogP) is 0.978. The Balaban J connectivity index is 1.67. The van der Waals surface area contributed by atoms with Crippen LogP contribution in [0.4, 0.5) is 0 Å². The number of hydrogen-bond donors (Lipinski definition) is 1. The van der Waals surface area contributed by atoms with Crippen molar-refractivity contribution in [3.63, 3.8) is 0 Å². The molecule has 0 saturated carbocycles. The molecule has 1 aliphatic heterocycles. The molecule has 2 atom stereocenters. The molecule has 0 amide bonds. The fourth-order valence-electron chi connectivity index (χ4n) is 3.35. The molecule has 0 bridgehead atoms. The van der Waals surface area contributed by atoms with Gasteiger partial charge in [0.15, 0.2) is 11.6 Å². The lowest BCUT2D eigenvalue weighted by Crippen LogP contribution is -2.40. The maximum Gasteiger partial charge on any atom is 0.310 e. The molecule has 26 heavy (non-hydrogen) atoms. The monoisotopic (exact) mass is 358 g/mol. The number of carbonyl (C=O) groups is 1. The van der Waals surface area contributed by atoms with Crippen LogP contribution < -0.4 is 5.32 Å². The number of likely N-dealkylation sites (tertiary alicyclic amines) is 1. The molecule has 8 heteroatoms. The number of pyridine rings is 1. The van der Waals surface area contributed by atoms with Gasteiger partial charge in [-0.1, -0.05) is 13.0 Å². The highest BCUT2D eigenvalue weighted by atomic mass is 16.5. The molecule has 3 rings (SSSR count). The second kappa shape index (κ2) is 8.16. The van der Waals surface area contributed by atoms with E-state index in [-0.39, 0.29) is 17.8 Å². The van der Waals surface area contributed by atoms with Gasteiger partial charge in [0.05, 0.1) is 13.0 Å². The van der Waals surface area contributed by atoms with Gasteiger partial charge in [0.25, 0.3) is 0 Å². The Morgan fingerprint density at radius 3 is 3.00 bits per heavy atom. The van der Waals surface area contributed by atoms with E-state index in [0.717, 1.165) is 30.5 Å². The summed E-state index contributed by atoms with van der Waals surface area (Å²) in [6, 6.07) is 5.84. The summed E-state index contributed by atoms with van der Waals surface area (Å²) in [6.07, 6.45) is 2.66. The summed E-state index contributed by atoms with van der Waals surface area (Å²) in [7, 11) is 1.44. The Bertz CT molecular complexity index is 787. The third-order valence-corrected chi connectivity index (χ3v) is 4.73. The van der Waals surface area contributed by atoms with Crippen molar-refractivity contribution in [2.75, 3.05) is 33.3 Å². The number of esters is 1. The Morgan fingerprint density at radius 2 is 2.23 bits per heavy atom. The second-order valence-corrected chi connectivity index (χ2v) is 6.54. The van der Waals surface area contributed by atoms with Crippen LogP contribution in [-0.4, -0.2) is 64.7 Å². The van der Waals surface area contributed by atoms with E-state index >= 15 is 0 Å². The molecule has 1 fully saturated rings. The minimum atomic E-state index is -0.147. The molecule has 3 heterocycles. The largest absolute Gasteiger partial charge is 0.469 e. The molecule has 0 radical (unpaired) electrons. The number of nitrogens with zero attached hydrogens (tertiary/aromatic N) is 5. The molecule has 0 spiro atoms. The molecule has 0 aromatic carbocycles. The van der Waals surface area contributed by atoms with Gasteiger partial charge in [0.1, 0.15) is 5.82 Å². The van der Waals surface area contributed by atoms with Crippen molar-refractivity contribution in [2.45, 2.75) is 20.3 Å². The van der Waals surface area contributed by atoms with Gasteiger partial charge in [-0.05, 0) is 25.0 Å². The summed E-state index contributed by atoms with van der Waals surface area (Å²) >= 11 is 0. The van der Waals surface area contributed by atoms with Gasteiger partial charge in [0.2, 0.25) is 0 Å². The molecule has 2 aromatic heterocycles. The minimum Gasteiger partial charge on any atom is -0.469 e. The summed E-state index contributed by atoms with van der Waals surface area (Å²) in [4.78, 5) is 18.8. The topological polar surface area (TPSA) is 84.1 Å². The van der Waals surface area contributed by atoms with Crippen LogP contribution in [0.15, 0.2) is 29.4 Å². The maximum absolute atomic E-state index is 11.9. The Kier molecular flexibility index (Phi) is 5.70. The van der Waals surface area contributed by atoms with Gasteiger partial charge in [-0.15, -0.1) is 10.2 Å². The lowest BCUT2D eigenvalue weighted by molar-refractivity contribution is -0.145. The summed E-state index contributed by atoms with van der Waals surface area (Å²) < 4.78 is 6.90. The molecule has 140 valence electrons. The number of methoxy groups -OCH3 is 1. The lowest BCUT2D eigenvalue weighted by atomic mass is 9.99. The quantitative estimate of drug-likeness (QED) is 0.487. The van der Waals surface area contributed by atoms with Crippen molar-refractivity contribution in [2.24, 2.45) is 16.8 Å². The van der Waals surface area contributed by atoms with Crippen molar-refractivity contribution in [1.82, 2.24) is 24.8 Å². The molecule has 1 N–H and O–H groups in total. The molecular formula is C18H26N6O2. The van der Waals surface area contributed by atoms with Crippen LogP contribution in [0.3, 0.4) is 0 Å². The molecule has 8 nitrogen and oxygen atoms in total. The van der Waals surface area contributed by atoms with Gasteiger partial charge >= 0.3 is 5.97 Å². The zero-order chi connectivity index (χ0) is 18.5. The fraction of sp³-hybridized carbons (Fsp3) is 0.556. The summed E-state index contributed by atoms with van der Waals surface area (Å²) in [6.45, 7) is 6.92. The summed E-state index contributed by atoms with van der Waals surface area (Å²) in [5.41, 5.74) is 0.840. The van der Waals surface area contributed by atoms with Gasteiger partial charge in [-0.25, -0.2) is 0 Å². The fourth-order valence-corrected chi connectivity index (χ4v) is 3.35. The number of guanidine groups is 1. The van der Waals surface area contributed by atoms with E-state index in [2.05, 4.69) is 27.3 Å². The molecular weight excluding hydrogens is 332 g/mol. The number of rotatable bonds is 5. The normalized spacial score (nSPS) is 20.6. The first-order valence-electron chi connectivity index (χ1n) is 9.03. The Labute approximate surface area is 153 Å². The number of nitrogens with one attached hydrogen (secondary N) is 1. The van der Waals surface area contributed by atoms with Crippen molar-refractivity contribution < 1.29 is 9.53 Å². The zero-order valence-corrected chi connectivity index (χ0v) is 15.6. The van der Waals surface area contributed by atoms with E-state index < -0.39 is 0 Å². The molecule has 2 unspecified atom stereocenters. The van der Waals surface area contributed by atoms with Gasteiger partial charge in [-0.2, -0.15) is 0 Å². The number of fused-ring (bicyclic) bond motifs is 1. The molecule has 2 aromatic rings. The Morgan fingerprint density at radius 1 is 1.38 bits per heavy atom. The first-order chi connectivity index (χ1) is 12.6. The number of aliphatic imine (C=N–C) groups is 1. The average molecular weight is 358 g/mol. The smallest absolute Gasteiger partial charge is 0.310 e. The van der Waals surface area contributed by atoms with Crippen molar-refractivity contribution in [3.8, 4) is 0 Å². The highest BCUT2D eigenvalue weighted by Crippen LogP contribution is 2.24. The summed E-state index contributed by atoms with van der Waals surface area (Å²) in [5, 5.41) is 11.7. The molecule has 1 saturated heterocycles. The van der Waals surface area contributed by atoms with Crippen LogP contribution in [0, 0.1) is 11.8 Å². The van der Waals surface area contributed by atoms with E-state index in [1.165, 1.54) is 7.11 Å². The van der Waals surface area contributed by atoms with Crippen LogP contribution in [0.1, 0.15) is 19.7 Å². The van der Waals surface area contributed by atoms with E-state index in [0.29, 0.717) is 19.5 Å². The zero-order valence-electron chi connectivity index (χ0n) is 15.6. The number of hydrogen-bond acceptors (Lipinski definition) is 5. The minimum absolute atomic E-state index is 0.107. The Hall–Kier alpha value is -2.64. The van der Waals surface area contributed by atoms with E-state index in [9.17, 15) is 4.79 Å². The van der Waals surface area contributed by atoms with Gasteiger partial charge in [-0.3, -0.25) is 14.2 Å².